The highest BCUT2D eigenvalue weighted by Crippen LogP contribution is 2.17. The van der Waals surface area contributed by atoms with E-state index in [0.29, 0.717) is 5.96 Å². The molecule has 18 heavy (non-hydrogen) atoms. The lowest BCUT2D eigenvalue weighted by atomic mass is 10.2. The van der Waals surface area contributed by atoms with Gasteiger partial charge in [0.25, 0.3) is 0 Å². The van der Waals surface area contributed by atoms with Crippen LogP contribution in [0.25, 0.3) is 0 Å². The Morgan fingerprint density at radius 2 is 1.78 bits per heavy atom. The third-order valence-electron chi connectivity index (χ3n) is 2.77. The number of aliphatic imine (C=N–C) groups is 1. The van der Waals surface area contributed by atoms with Gasteiger partial charge in [-0.05, 0) is 44.5 Å². The third-order valence-corrected chi connectivity index (χ3v) is 2.77. The van der Waals surface area contributed by atoms with E-state index in [1.54, 1.807) is 0 Å². The van der Waals surface area contributed by atoms with Crippen LogP contribution < -0.4 is 16.0 Å². The Kier molecular flexibility index (Phi) is 6.05. The number of anilines is 2. The van der Waals surface area contributed by atoms with Crippen molar-refractivity contribution in [2.24, 2.45) is 10.7 Å². The van der Waals surface area contributed by atoms with Crippen molar-refractivity contribution in [3.8, 4) is 0 Å². The van der Waals surface area contributed by atoms with Crippen LogP contribution in [0, 0.1) is 0 Å². The van der Waals surface area contributed by atoms with Crippen molar-refractivity contribution >= 4 is 17.3 Å². The van der Waals surface area contributed by atoms with Crippen LogP contribution in [0.3, 0.4) is 0 Å². The van der Waals surface area contributed by atoms with Crippen molar-refractivity contribution in [3.05, 3.63) is 24.3 Å². The van der Waals surface area contributed by atoms with E-state index in [-0.39, 0.29) is 0 Å². The first-order valence-corrected chi connectivity index (χ1v) is 6.63. The van der Waals surface area contributed by atoms with Crippen molar-refractivity contribution in [1.82, 2.24) is 0 Å². The first-order valence-electron chi connectivity index (χ1n) is 6.63. The summed E-state index contributed by atoms with van der Waals surface area (Å²) in [5.41, 5.74) is 7.98. The third kappa shape index (κ3) is 4.28. The lowest BCUT2D eigenvalue weighted by Crippen LogP contribution is -2.23. The second-order valence-electron chi connectivity index (χ2n) is 4.11. The molecule has 0 spiro atoms. The highest BCUT2D eigenvalue weighted by Gasteiger charge is 2.01. The summed E-state index contributed by atoms with van der Waals surface area (Å²) in [5, 5.41) is 3.09. The van der Waals surface area contributed by atoms with E-state index in [1.807, 2.05) is 12.1 Å². The molecular formula is C14H24N4. The second-order valence-corrected chi connectivity index (χ2v) is 4.11. The molecule has 0 bridgehead atoms. The molecule has 0 atom stereocenters. The van der Waals surface area contributed by atoms with Crippen LogP contribution in [0.15, 0.2) is 29.3 Å². The standard InChI is InChI=1S/C14H24N4/c1-4-11-16-14(15)17-12-7-9-13(10-8-12)18(5-2)6-3/h7-10H,4-6,11H2,1-3H3,(H3,15,16,17). The second kappa shape index (κ2) is 7.58. The van der Waals surface area contributed by atoms with E-state index in [2.05, 4.69) is 48.1 Å². The molecule has 4 heteroatoms. The molecule has 0 fully saturated rings. The highest BCUT2D eigenvalue weighted by molar-refractivity contribution is 5.92. The van der Waals surface area contributed by atoms with E-state index < -0.39 is 0 Å². The van der Waals surface area contributed by atoms with Crippen LogP contribution >= 0.6 is 0 Å². The van der Waals surface area contributed by atoms with Gasteiger partial charge in [-0.25, -0.2) is 0 Å². The Labute approximate surface area is 110 Å². The fourth-order valence-corrected chi connectivity index (χ4v) is 1.76. The summed E-state index contributed by atoms with van der Waals surface area (Å²) < 4.78 is 0. The Bertz CT molecular complexity index is 366. The molecule has 4 nitrogen and oxygen atoms in total. The predicted octanol–water partition coefficient (Wildman–Crippen LogP) is 2.67. The SMILES string of the molecule is CCCN=C(N)Nc1ccc(N(CC)CC)cc1. The highest BCUT2D eigenvalue weighted by atomic mass is 15.1. The first kappa shape index (κ1) is 14.4. The molecule has 1 aromatic rings. The van der Waals surface area contributed by atoms with Crippen molar-refractivity contribution in [2.45, 2.75) is 27.2 Å². The molecule has 0 amide bonds. The molecule has 100 valence electrons. The van der Waals surface area contributed by atoms with Crippen LogP contribution in [-0.2, 0) is 0 Å². The summed E-state index contributed by atoms with van der Waals surface area (Å²) in [6.45, 7) is 9.19. The minimum atomic E-state index is 0.479. The number of hydrogen-bond donors (Lipinski definition) is 2. The lowest BCUT2D eigenvalue weighted by molar-refractivity contribution is 0.866. The smallest absolute Gasteiger partial charge is 0.193 e. The molecule has 1 aromatic carbocycles. The zero-order valence-electron chi connectivity index (χ0n) is 11.6. The minimum Gasteiger partial charge on any atom is -0.372 e. The average molecular weight is 248 g/mol. The molecular weight excluding hydrogens is 224 g/mol. The monoisotopic (exact) mass is 248 g/mol. The van der Waals surface area contributed by atoms with E-state index >= 15 is 0 Å². The number of hydrogen-bond acceptors (Lipinski definition) is 2. The molecule has 0 aliphatic rings. The number of nitrogens with one attached hydrogen (secondary N) is 1. The van der Waals surface area contributed by atoms with Gasteiger partial charge in [-0.2, -0.15) is 0 Å². The average Bonchev–Trinajstić information content (AvgIpc) is 2.40. The van der Waals surface area contributed by atoms with Gasteiger partial charge >= 0.3 is 0 Å². The van der Waals surface area contributed by atoms with Crippen LogP contribution in [0.2, 0.25) is 0 Å². The van der Waals surface area contributed by atoms with Crippen LogP contribution in [0.4, 0.5) is 11.4 Å². The maximum absolute atomic E-state index is 5.77. The van der Waals surface area contributed by atoms with Gasteiger partial charge in [0.15, 0.2) is 5.96 Å². The summed E-state index contributed by atoms with van der Waals surface area (Å²) in [6.07, 6.45) is 1.00. The minimum absolute atomic E-state index is 0.479. The van der Waals surface area contributed by atoms with Gasteiger partial charge < -0.3 is 16.0 Å². The fourth-order valence-electron chi connectivity index (χ4n) is 1.76. The molecule has 0 aromatic heterocycles. The van der Waals surface area contributed by atoms with Gasteiger partial charge in [0, 0.05) is 31.0 Å². The van der Waals surface area contributed by atoms with Gasteiger partial charge in [-0.3, -0.25) is 4.99 Å². The van der Waals surface area contributed by atoms with E-state index in [9.17, 15) is 0 Å². The quantitative estimate of drug-likeness (QED) is 0.601. The Morgan fingerprint density at radius 1 is 1.17 bits per heavy atom. The van der Waals surface area contributed by atoms with Crippen LogP contribution in [0.5, 0.6) is 0 Å². The van der Waals surface area contributed by atoms with E-state index in [1.165, 1.54) is 5.69 Å². The summed E-state index contributed by atoms with van der Waals surface area (Å²) in [6, 6.07) is 8.26. The molecule has 0 aliphatic carbocycles. The first-order chi connectivity index (χ1) is 8.71. The number of guanidine groups is 1. The number of nitrogens with zero attached hydrogens (tertiary/aromatic N) is 2. The number of benzene rings is 1. The summed E-state index contributed by atoms with van der Waals surface area (Å²) >= 11 is 0. The molecule has 0 unspecified atom stereocenters. The Morgan fingerprint density at radius 3 is 2.28 bits per heavy atom. The van der Waals surface area contributed by atoms with Gasteiger partial charge in [0.05, 0.1) is 0 Å². The van der Waals surface area contributed by atoms with Crippen molar-refractivity contribution in [2.75, 3.05) is 29.9 Å². The largest absolute Gasteiger partial charge is 0.372 e. The molecule has 0 heterocycles. The fraction of sp³-hybridized carbons (Fsp3) is 0.500. The van der Waals surface area contributed by atoms with Gasteiger partial charge in [0.2, 0.25) is 0 Å². The number of nitrogens with two attached hydrogens (primary N) is 1. The summed E-state index contributed by atoms with van der Waals surface area (Å²) in [7, 11) is 0. The molecule has 1 rings (SSSR count). The molecule has 0 radical (unpaired) electrons. The van der Waals surface area contributed by atoms with Gasteiger partial charge in [-0.15, -0.1) is 0 Å². The zero-order valence-corrected chi connectivity index (χ0v) is 11.6. The van der Waals surface area contributed by atoms with Gasteiger partial charge in [-0.1, -0.05) is 6.92 Å². The Hall–Kier alpha value is -1.71. The zero-order chi connectivity index (χ0) is 13.4. The van der Waals surface area contributed by atoms with Crippen LogP contribution in [-0.4, -0.2) is 25.6 Å². The maximum atomic E-state index is 5.77. The Balaban J connectivity index is 2.65. The summed E-state index contributed by atoms with van der Waals surface area (Å²) in [4.78, 5) is 6.50. The normalized spacial score (nSPS) is 11.4. The maximum Gasteiger partial charge on any atom is 0.193 e. The molecule has 0 saturated heterocycles. The summed E-state index contributed by atoms with van der Waals surface area (Å²) in [5.74, 6) is 0.479. The van der Waals surface area contributed by atoms with Crippen molar-refractivity contribution < 1.29 is 0 Å². The topological polar surface area (TPSA) is 53.6 Å². The lowest BCUT2D eigenvalue weighted by Gasteiger charge is -2.21. The van der Waals surface area contributed by atoms with Crippen molar-refractivity contribution in [3.63, 3.8) is 0 Å². The van der Waals surface area contributed by atoms with E-state index in [4.69, 9.17) is 5.73 Å². The predicted molar refractivity (Wildman–Crippen MR) is 80.4 cm³/mol. The molecule has 0 saturated carbocycles. The molecule has 0 aliphatic heterocycles. The molecule has 3 N–H and O–H groups in total. The van der Waals surface area contributed by atoms with Gasteiger partial charge in [0.1, 0.15) is 0 Å². The number of rotatable bonds is 6. The van der Waals surface area contributed by atoms with E-state index in [0.717, 1.165) is 31.7 Å². The van der Waals surface area contributed by atoms with Crippen molar-refractivity contribution in [1.29, 1.82) is 0 Å². The van der Waals surface area contributed by atoms with Crippen LogP contribution in [0.1, 0.15) is 27.2 Å².